The monoisotopic (exact) mass is 514 g/mol. The molecule has 0 aliphatic carbocycles. The van der Waals surface area contributed by atoms with Crippen LogP contribution in [0.25, 0.3) is 0 Å². The van der Waals surface area contributed by atoms with Crippen LogP contribution in [-0.2, 0) is 19.5 Å². The highest BCUT2D eigenvalue weighted by Crippen LogP contribution is 2.32. The summed E-state index contributed by atoms with van der Waals surface area (Å²) in [5.74, 6) is 2.07. The van der Waals surface area contributed by atoms with Crippen molar-refractivity contribution in [1.82, 2.24) is 14.9 Å². The minimum absolute atomic E-state index is 0.0363. The van der Waals surface area contributed by atoms with Gasteiger partial charge in [0, 0.05) is 62.4 Å². The van der Waals surface area contributed by atoms with Crippen LogP contribution in [0.4, 0.5) is 17.5 Å². The fourth-order valence-corrected chi connectivity index (χ4v) is 5.26. The standard InChI is InChI=1S/C29H34N6O3/c1-20-11-14-33(15-12-20)27-24-19-34(28(36)23-10-9-21(2)26(17-23)35(37)38)16-13-25(24)30-29(31-27)32(3)18-22-7-5-4-6-8-22/h4-10,17,20H,11-16,18-19H2,1-3H3. The normalized spacial score (nSPS) is 15.8. The molecule has 2 aromatic carbocycles. The average Bonchev–Trinajstić information content (AvgIpc) is 2.93. The Labute approximate surface area is 223 Å². The molecule has 0 saturated carbocycles. The first kappa shape index (κ1) is 25.6. The topological polar surface area (TPSA) is 95.7 Å². The van der Waals surface area contributed by atoms with E-state index in [4.69, 9.17) is 9.97 Å². The molecule has 0 atom stereocenters. The molecule has 3 aromatic rings. The van der Waals surface area contributed by atoms with Crippen molar-refractivity contribution >= 4 is 23.4 Å². The minimum atomic E-state index is -0.436. The summed E-state index contributed by atoms with van der Waals surface area (Å²) in [5, 5.41) is 11.4. The lowest BCUT2D eigenvalue weighted by atomic mass is 9.98. The molecule has 0 spiro atoms. The Morgan fingerprint density at radius 3 is 2.55 bits per heavy atom. The molecule has 5 rings (SSSR count). The van der Waals surface area contributed by atoms with Gasteiger partial charge in [0.25, 0.3) is 11.6 Å². The van der Waals surface area contributed by atoms with Crippen molar-refractivity contribution in [3.8, 4) is 0 Å². The van der Waals surface area contributed by atoms with Gasteiger partial charge in [0.1, 0.15) is 5.82 Å². The molecule has 1 fully saturated rings. The Kier molecular flexibility index (Phi) is 7.26. The average molecular weight is 515 g/mol. The molecule has 38 heavy (non-hydrogen) atoms. The third kappa shape index (κ3) is 5.32. The van der Waals surface area contributed by atoms with E-state index in [0.717, 1.165) is 43.0 Å². The van der Waals surface area contributed by atoms with Crippen LogP contribution in [0.2, 0.25) is 0 Å². The zero-order valence-electron chi connectivity index (χ0n) is 22.3. The summed E-state index contributed by atoms with van der Waals surface area (Å²) in [6.45, 7) is 7.40. The first-order valence-electron chi connectivity index (χ1n) is 13.2. The summed E-state index contributed by atoms with van der Waals surface area (Å²) in [7, 11) is 2.01. The molecule has 9 heteroatoms. The highest BCUT2D eigenvalue weighted by Gasteiger charge is 2.30. The molecule has 0 bridgehead atoms. The van der Waals surface area contributed by atoms with Crippen molar-refractivity contribution in [2.45, 2.75) is 46.2 Å². The van der Waals surface area contributed by atoms with Gasteiger partial charge in [0.15, 0.2) is 0 Å². The minimum Gasteiger partial charge on any atom is -0.356 e. The molecule has 1 aromatic heterocycles. The second-order valence-corrected chi connectivity index (χ2v) is 10.5. The summed E-state index contributed by atoms with van der Waals surface area (Å²) in [6.07, 6.45) is 2.81. The van der Waals surface area contributed by atoms with Crippen LogP contribution in [0.15, 0.2) is 48.5 Å². The van der Waals surface area contributed by atoms with Crippen LogP contribution in [0, 0.1) is 23.0 Å². The number of carbonyl (C=O) groups is 1. The second-order valence-electron chi connectivity index (χ2n) is 10.5. The molecule has 1 saturated heterocycles. The number of aromatic nitrogens is 2. The van der Waals surface area contributed by atoms with E-state index in [1.165, 1.54) is 11.6 Å². The number of hydrogen-bond donors (Lipinski definition) is 0. The quantitative estimate of drug-likeness (QED) is 0.346. The molecule has 2 aliphatic rings. The number of nitrogens with zero attached hydrogens (tertiary/aromatic N) is 6. The predicted molar refractivity (Wildman–Crippen MR) is 147 cm³/mol. The number of nitro groups is 1. The summed E-state index contributed by atoms with van der Waals surface area (Å²) in [4.78, 5) is 40.6. The molecule has 198 valence electrons. The Morgan fingerprint density at radius 1 is 1.11 bits per heavy atom. The molecule has 9 nitrogen and oxygen atoms in total. The number of benzene rings is 2. The number of anilines is 2. The number of piperidine rings is 1. The number of carbonyl (C=O) groups excluding carboxylic acids is 1. The van der Waals surface area contributed by atoms with Crippen LogP contribution >= 0.6 is 0 Å². The summed E-state index contributed by atoms with van der Waals surface area (Å²) >= 11 is 0. The van der Waals surface area contributed by atoms with Crippen molar-refractivity contribution in [2.24, 2.45) is 5.92 Å². The van der Waals surface area contributed by atoms with E-state index >= 15 is 0 Å². The highest BCUT2D eigenvalue weighted by molar-refractivity contribution is 5.95. The van der Waals surface area contributed by atoms with E-state index in [1.807, 2.05) is 25.2 Å². The zero-order valence-corrected chi connectivity index (χ0v) is 22.3. The predicted octanol–water partition coefficient (Wildman–Crippen LogP) is 4.76. The molecule has 2 aliphatic heterocycles. The van der Waals surface area contributed by atoms with Crippen molar-refractivity contribution < 1.29 is 9.72 Å². The molecular weight excluding hydrogens is 480 g/mol. The first-order valence-corrected chi connectivity index (χ1v) is 13.2. The van der Waals surface area contributed by atoms with Crippen molar-refractivity contribution in [3.05, 3.63) is 86.6 Å². The van der Waals surface area contributed by atoms with E-state index in [1.54, 1.807) is 24.0 Å². The summed E-state index contributed by atoms with van der Waals surface area (Å²) in [6, 6.07) is 15.0. The Hall–Kier alpha value is -4.01. The zero-order chi connectivity index (χ0) is 26.8. The van der Waals surface area contributed by atoms with Crippen LogP contribution in [0.3, 0.4) is 0 Å². The Balaban J connectivity index is 1.46. The molecule has 0 N–H and O–H groups in total. The van der Waals surface area contributed by atoms with Gasteiger partial charge in [-0.1, -0.05) is 43.3 Å². The van der Waals surface area contributed by atoms with Gasteiger partial charge in [0.2, 0.25) is 5.95 Å². The maximum atomic E-state index is 13.4. The highest BCUT2D eigenvalue weighted by atomic mass is 16.6. The van der Waals surface area contributed by atoms with Crippen LogP contribution in [0.1, 0.15) is 52.5 Å². The smallest absolute Gasteiger partial charge is 0.273 e. The maximum absolute atomic E-state index is 13.4. The lowest BCUT2D eigenvalue weighted by Crippen LogP contribution is -2.40. The van der Waals surface area contributed by atoms with Gasteiger partial charge in [0.05, 0.1) is 17.2 Å². The van der Waals surface area contributed by atoms with Gasteiger partial charge < -0.3 is 14.7 Å². The van der Waals surface area contributed by atoms with E-state index in [2.05, 4.69) is 28.9 Å². The second kappa shape index (κ2) is 10.8. The number of fused-ring (bicyclic) bond motifs is 1. The largest absolute Gasteiger partial charge is 0.356 e. The van der Waals surface area contributed by atoms with Crippen LogP contribution in [0.5, 0.6) is 0 Å². The third-order valence-electron chi connectivity index (χ3n) is 7.65. The number of nitro benzene ring substituents is 1. The van der Waals surface area contributed by atoms with Gasteiger partial charge >= 0.3 is 0 Å². The lowest BCUT2D eigenvalue weighted by molar-refractivity contribution is -0.385. The van der Waals surface area contributed by atoms with Gasteiger partial charge in [-0.15, -0.1) is 0 Å². The molecule has 1 amide bonds. The fraction of sp³-hybridized carbons (Fsp3) is 0.414. The Bertz CT molecular complexity index is 1340. The van der Waals surface area contributed by atoms with E-state index in [0.29, 0.717) is 49.0 Å². The van der Waals surface area contributed by atoms with Crippen LogP contribution in [-0.4, -0.2) is 52.4 Å². The Morgan fingerprint density at radius 2 is 1.84 bits per heavy atom. The number of rotatable bonds is 6. The third-order valence-corrected chi connectivity index (χ3v) is 7.65. The lowest BCUT2D eigenvalue weighted by Gasteiger charge is -2.36. The summed E-state index contributed by atoms with van der Waals surface area (Å²) in [5.41, 5.74) is 3.98. The van der Waals surface area contributed by atoms with E-state index in [9.17, 15) is 14.9 Å². The maximum Gasteiger partial charge on any atom is 0.273 e. The van der Waals surface area contributed by atoms with Crippen molar-refractivity contribution in [1.29, 1.82) is 0 Å². The SMILES string of the molecule is Cc1ccc(C(=O)N2CCc3nc(N(C)Cc4ccccc4)nc(N4CCC(C)CC4)c3C2)cc1[N+](=O)[O-]. The number of aryl methyl sites for hydroxylation is 1. The van der Waals surface area contributed by atoms with Gasteiger partial charge in [-0.2, -0.15) is 4.98 Å². The van der Waals surface area contributed by atoms with Gasteiger partial charge in [-0.3, -0.25) is 14.9 Å². The number of hydrogen-bond acceptors (Lipinski definition) is 7. The van der Waals surface area contributed by atoms with Gasteiger partial charge in [-0.25, -0.2) is 4.98 Å². The molecule has 3 heterocycles. The molecular formula is C29H34N6O3. The molecule has 0 unspecified atom stereocenters. The number of amides is 1. The fourth-order valence-electron chi connectivity index (χ4n) is 5.26. The first-order chi connectivity index (χ1) is 18.3. The van der Waals surface area contributed by atoms with E-state index < -0.39 is 4.92 Å². The van der Waals surface area contributed by atoms with Crippen LogP contribution < -0.4 is 9.80 Å². The van der Waals surface area contributed by atoms with E-state index in [-0.39, 0.29) is 11.6 Å². The van der Waals surface area contributed by atoms with Crippen molar-refractivity contribution in [2.75, 3.05) is 36.5 Å². The summed E-state index contributed by atoms with van der Waals surface area (Å²) < 4.78 is 0. The molecule has 0 radical (unpaired) electrons. The van der Waals surface area contributed by atoms with Crippen molar-refractivity contribution in [3.63, 3.8) is 0 Å². The van der Waals surface area contributed by atoms with Gasteiger partial charge in [-0.05, 0) is 37.3 Å².